The molecule has 0 spiro atoms. The monoisotopic (exact) mass is 355 g/mol. The van der Waals surface area contributed by atoms with Crippen LogP contribution in [0.15, 0.2) is 54.6 Å². The molecule has 2 heterocycles. The predicted octanol–water partition coefficient (Wildman–Crippen LogP) is 3.90. The molecule has 134 valence electrons. The van der Waals surface area contributed by atoms with Crippen molar-refractivity contribution in [2.24, 2.45) is 0 Å². The summed E-state index contributed by atoms with van der Waals surface area (Å²) in [5, 5.41) is 3.53. The highest BCUT2D eigenvalue weighted by Gasteiger charge is 2.21. The predicted molar refractivity (Wildman–Crippen MR) is 112 cm³/mol. The molecule has 0 aliphatic carbocycles. The van der Waals surface area contributed by atoms with E-state index in [1.807, 2.05) is 6.07 Å². The maximum atomic E-state index is 6.20. The molecule has 0 saturated heterocycles. The standard InChI is InChI=1S/C22H21N5/c23-21-20-17-9-4-12-27(19(17)11-10-18(20)25-22(24)26-21)13-15-7-3-6-14-5-1-2-8-16(14)15/h1-3,5-8,10-11H,4,9,12-13H2,(H4,23,24,25,26). The lowest BCUT2D eigenvalue weighted by Gasteiger charge is -2.32. The van der Waals surface area contributed by atoms with Gasteiger partial charge in [-0.2, -0.15) is 4.98 Å². The van der Waals surface area contributed by atoms with Gasteiger partial charge in [-0.25, -0.2) is 4.98 Å². The summed E-state index contributed by atoms with van der Waals surface area (Å²) in [4.78, 5) is 11.0. The fourth-order valence-corrected chi connectivity index (χ4v) is 4.25. The molecule has 0 amide bonds. The molecule has 0 radical (unpaired) electrons. The second kappa shape index (κ2) is 6.13. The third-order valence-electron chi connectivity index (χ3n) is 5.43. The lowest BCUT2D eigenvalue weighted by molar-refractivity contribution is 0.696. The average Bonchev–Trinajstić information content (AvgIpc) is 2.68. The van der Waals surface area contributed by atoms with Crippen molar-refractivity contribution in [1.29, 1.82) is 0 Å². The van der Waals surface area contributed by atoms with Crippen LogP contribution < -0.4 is 16.4 Å². The van der Waals surface area contributed by atoms with Crippen molar-refractivity contribution in [3.63, 3.8) is 0 Å². The highest BCUT2D eigenvalue weighted by molar-refractivity contribution is 5.96. The number of hydrogen-bond acceptors (Lipinski definition) is 5. The van der Waals surface area contributed by atoms with Crippen molar-refractivity contribution in [2.75, 3.05) is 22.9 Å². The number of fused-ring (bicyclic) bond motifs is 4. The fourth-order valence-electron chi connectivity index (χ4n) is 4.25. The van der Waals surface area contributed by atoms with Gasteiger partial charge in [-0.15, -0.1) is 0 Å². The second-order valence-electron chi connectivity index (χ2n) is 7.09. The molecule has 1 aromatic heterocycles. The SMILES string of the molecule is Nc1nc(N)c2c3c(ccc2n1)N(Cc1cccc2ccccc12)CCC3. The van der Waals surface area contributed by atoms with Crippen LogP contribution in [0.4, 0.5) is 17.5 Å². The Morgan fingerprint density at radius 2 is 1.78 bits per heavy atom. The van der Waals surface area contributed by atoms with Crippen molar-refractivity contribution in [3.05, 3.63) is 65.7 Å². The molecule has 5 rings (SSSR count). The number of aromatic nitrogens is 2. The number of nitrogen functional groups attached to an aromatic ring is 2. The molecule has 0 saturated carbocycles. The van der Waals surface area contributed by atoms with E-state index in [1.54, 1.807) is 0 Å². The topological polar surface area (TPSA) is 81.1 Å². The number of hydrogen-bond donors (Lipinski definition) is 2. The van der Waals surface area contributed by atoms with Gasteiger partial charge < -0.3 is 16.4 Å². The smallest absolute Gasteiger partial charge is 0.222 e. The molecule has 0 unspecified atom stereocenters. The molecule has 0 atom stereocenters. The Balaban J connectivity index is 1.61. The molecule has 0 fully saturated rings. The normalized spacial score (nSPS) is 13.9. The summed E-state index contributed by atoms with van der Waals surface area (Å²) in [6, 6.07) is 19.2. The van der Waals surface area contributed by atoms with E-state index in [4.69, 9.17) is 11.5 Å². The van der Waals surface area contributed by atoms with Gasteiger partial charge in [0.05, 0.1) is 5.52 Å². The Kier molecular flexibility index (Phi) is 3.60. The summed E-state index contributed by atoms with van der Waals surface area (Å²) in [6.45, 7) is 1.90. The first-order valence-electron chi connectivity index (χ1n) is 9.27. The Hall–Kier alpha value is -3.34. The maximum Gasteiger partial charge on any atom is 0.222 e. The molecule has 3 aromatic carbocycles. The molecule has 4 N–H and O–H groups in total. The zero-order valence-corrected chi connectivity index (χ0v) is 15.0. The molecular weight excluding hydrogens is 334 g/mol. The Morgan fingerprint density at radius 1 is 0.926 bits per heavy atom. The Morgan fingerprint density at radius 3 is 2.70 bits per heavy atom. The maximum absolute atomic E-state index is 6.20. The number of nitrogens with two attached hydrogens (primary N) is 2. The highest BCUT2D eigenvalue weighted by Crippen LogP contribution is 2.36. The summed E-state index contributed by atoms with van der Waals surface area (Å²) in [5.41, 5.74) is 16.6. The van der Waals surface area contributed by atoms with Crippen LogP contribution in [0.3, 0.4) is 0 Å². The van der Waals surface area contributed by atoms with Crippen molar-refractivity contribution in [1.82, 2.24) is 9.97 Å². The van der Waals surface area contributed by atoms with Crippen LogP contribution in [0.25, 0.3) is 21.7 Å². The van der Waals surface area contributed by atoms with Gasteiger partial charge in [-0.1, -0.05) is 42.5 Å². The van der Waals surface area contributed by atoms with Crippen LogP contribution in [0.1, 0.15) is 17.5 Å². The Bertz CT molecular complexity index is 1160. The van der Waals surface area contributed by atoms with Gasteiger partial charge in [-0.3, -0.25) is 0 Å². The van der Waals surface area contributed by atoms with Crippen LogP contribution in [0.5, 0.6) is 0 Å². The highest BCUT2D eigenvalue weighted by atomic mass is 15.1. The third-order valence-corrected chi connectivity index (χ3v) is 5.43. The van der Waals surface area contributed by atoms with Gasteiger partial charge >= 0.3 is 0 Å². The van der Waals surface area contributed by atoms with E-state index in [-0.39, 0.29) is 5.95 Å². The molecule has 27 heavy (non-hydrogen) atoms. The summed E-state index contributed by atoms with van der Waals surface area (Å²) < 4.78 is 0. The minimum atomic E-state index is 0.225. The number of rotatable bonds is 2. The van der Waals surface area contributed by atoms with Gasteiger partial charge in [-0.05, 0) is 46.9 Å². The summed E-state index contributed by atoms with van der Waals surface area (Å²) >= 11 is 0. The average molecular weight is 355 g/mol. The fraction of sp³-hybridized carbons (Fsp3) is 0.182. The second-order valence-corrected chi connectivity index (χ2v) is 7.09. The molecule has 5 nitrogen and oxygen atoms in total. The van der Waals surface area contributed by atoms with Crippen LogP contribution >= 0.6 is 0 Å². The molecule has 5 heteroatoms. The summed E-state index contributed by atoms with van der Waals surface area (Å²) in [5.74, 6) is 0.699. The van der Waals surface area contributed by atoms with Crippen LogP contribution in [-0.2, 0) is 13.0 Å². The van der Waals surface area contributed by atoms with Gasteiger partial charge in [0.2, 0.25) is 5.95 Å². The van der Waals surface area contributed by atoms with Crippen molar-refractivity contribution in [3.8, 4) is 0 Å². The van der Waals surface area contributed by atoms with Crippen LogP contribution in [0.2, 0.25) is 0 Å². The van der Waals surface area contributed by atoms with E-state index in [1.165, 1.54) is 27.6 Å². The van der Waals surface area contributed by atoms with Crippen molar-refractivity contribution >= 4 is 39.1 Å². The van der Waals surface area contributed by atoms with Gasteiger partial charge in [0.1, 0.15) is 5.82 Å². The largest absolute Gasteiger partial charge is 0.383 e. The van der Waals surface area contributed by atoms with E-state index >= 15 is 0 Å². The molecular formula is C22H21N5. The van der Waals surface area contributed by atoms with E-state index < -0.39 is 0 Å². The lowest BCUT2D eigenvalue weighted by atomic mass is 9.96. The van der Waals surface area contributed by atoms with E-state index in [0.717, 1.165) is 36.8 Å². The van der Waals surface area contributed by atoms with Crippen LogP contribution in [-0.4, -0.2) is 16.5 Å². The van der Waals surface area contributed by atoms with Crippen LogP contribution in [0, 0.1) is 0 Å². The van der Waals surface area contributed by atoms with E-state index in [0.29, 0.717) is 5.82 Å². The molecule has 0 bridgehead atoms. The first-order chi connectivity index (χ1) is 13.2. The number of benzene rings is 3. The van der Waals surface area contributed by atoms with Gasteiger partial charge in [0.15, 0.2) is 0 Å². The lowest BCUT2D eigenvalue weighted by Crippen LogP contribution is -2.29. The molecule has 1 aliphatic heterocycles. The summed E-state index contributed by atoms with van der Waals surface area (Å²) in [6.07, 6.45) is 2.07. The third kappa shape index (κ3) is 2.63. The number of anilines is 3. The first-order valence-corrected chi connectivity index (χ1v) is 9.27. The number of nitrogens with zero attached hydrogens (tertiary/aromatic N) is 3. The Labute approximate surface area is 157 Å². The minimum Gasteiger partial charge on any atom is -0.383 e. The van der Waals surface area contributed by atoms with Gasteiger partial charge in [0.25, 0.3) is 0 Å². The zero-order chi connectivity index (χ0) is 18.4. The quantitative estimate of drug-likeness (QED) is 0.570. The number of aryl methyl sites for hydroxylation is 1. The zero-order valence-electron chi connectivity index (χ0n) is 15.0. The van der Waals surface area contributed by atoms with Crippen molar-refractivity contribution in [2.45, 2.75) is 19.4 Å². The van der Waals surface area contributed by atoms with Gasteiger partial charge in [0, 0.05) is 24.2 Å². The van der Waals surface area contributed by atoms with E-state index in [2.05, 4.69) is 63.4 Å². The minimum absolute atomic E-state index is 0.225. The first kappa shape index (κ1) is 15.9. The summed E-state index contributed by atoms with van der Waals surface area (Å²) in [7, 11) is 0. The van der Waals surface area contributed by atoms with E-state index in [9.17, 15) is 0 Å². The molecule has 1 aliphatic rings. The molecule has 4 aromatic rings. The van der Waals surface area contributed by atoms with Crippen molar-refractivity contribution < 1.29 is 0 Å².